The summed E-state index contributed by atoms with van der Waals surface area (Å²) in [5.74, 6) is -1.68. The number of hydrogen-bond donors (Lipinski definition) is 3. The van der Waals surface area contributed by atoms with Crippen LogP contribution in [-0.4, -0.2) is 89.0 Å². The van der Waals surface area contributed by atoms with Crippen LogP contribution in [0.1, 0.15) is 78.8 Å². The SMILES string of the molecule is Cc1nc(NC(=O)C2CCN(C(=O)OC(C)(C)C)CC2)sc1S(=O)(=O)N1Cc2cc3c(cc2CC1C(=O)N[C@@H](Cc1ccc(-c2ccc(C#N)cc2)cc1)C(=O)O)OCC(c1ccc(OCc2ccc(Cl)c(Cl)c2)cc1)O3. The number of carboxylic acids is 1. The minimum absolute atomic E-state index is 0.0342. The van der Waals surface area contributed by atoms with Gasteiger partial charge in [-0.25, -0.2) is 23.0 Å². The number of nitrogens with one attached hydrogen (secondary N) is 2. The number of rotatable bonds is 14. The third-order valence-corrected chi connectivity index (χ3v) is 17.6. The maximum Gasteiger partial charge on any atom is 0.410 e. The number of benzene rings is 5. The first-order valence-corrected chi connectivity index (χ1v) is 27.7. The number of sulfonamides is 1. The van der Waals surface area contributed by atoms with Crippen LogP contribution in [-0.2, 0) is 55.1 Å². The van der Waals surface area contributed by atoms with E-state index in [2.05, 4.69) is 21.7 Å². The van der Waals surface area contributed by atoms with Gasteiger partial charge in [0.25, 0.3) is 10.0 Å². The van der Waals surface area contributed by atoms with Crippen LogP contribution in [0.3, 0.4) is 0 Å². The number of carbonyl (C=O) groups excluding carboxylic acids is 3. The van der Waals surface area contributed by atoms with E-state index in [0.29, 0.717) is 75.5 Å². The number of thiazole rings is 1. The van der Waals surface area contributed by atoms with Crippen LogP contribution in [0.5, 0.6) is 17.2 Å². The van der Waals surface area contributed by atoms with Gasteiger partial charge >= 0.3 is 12.1 Å². The lowest BCUT2D eigenvalue weighted by Crippen LogP contribution is -2.55. The highest BCUT2D eigenvalue weighted by atomic mass is 35.5. The number of likely N-dealkylation sites (tertiary alicyclic amines) is 1. The zero-order chi connectivity index (χ0) is 54.8. The number of ether oxygens (including phenoxy) is 4. The van der Waals surface area contributed by atoms with Gasteiger partial charge in [-0.15, -0.1) is 0 Å². The molecule has 6 aromatic rings. The van der Waals surface area contributed by atoms with Crippen molar-refractivity contribution in [2.75, 3.05) is 25.0 Å². The normalized spacial score (nSPS) is 17.1. The molecule has 77 heavy (non-hydrogen) atoms. The molecule has 0 aliphatic carbocycles. The number of fused-ring (bicyclic) bond motifs is 2. The molecule has 3 amide bonds. The number of nitrogens with zero attached hydrogens (tertiary/aromatic N) is 4. The van der Waals surface area contributed by atoms with Gasteiger partial charge in [-0.05, 0) is 134 Å². The molecule has 9 rings (SSSR count). The number of piperidine rings is 1. The van der Waals surface area contributed by atoms with Gasteiger partial charge in [-0.2, -0.15) is 9.57 Å². The summed E-state index contributed by atoms with van der Waals surface area (Å²) >= 11 is 13.0. The summed E-state index contributed by atoms with van der Waals surface area (Å²) in [5.41, 5.74) is 4.97. The van der Waals surface area contributed by atoms with Crippen molar-refractivity contribution in [3.8, 4) is 34.4 Å². The van der Waals surface area contributed by atoms with Gasteiger partial charge in [0.2, 0.25) is 11.8 Å². The number of anilines is 1. The average molecular weight is 1120 g/mol. The molecule has 1 fully saturated rings. The summed E-state index contributed by atoms with van der Waals surface area (Å²) in [7, 11) is -4.60. The number of amides is 3. The summed E-state index contributed by atoms with van der Waals surface area (Å²) in [5, 5.41) is 26.0. The van der Waals surface area contributed by atoms with E-state index >= 15 is 8.42 Å². The van der Waals surface area contributed by atoms with Crippen molar-refractivity contribution in [3.05, 3.63) is 152 Å². The van der Waals surface area contributed by atoms with Crippen molar-refractivity contribution in [3.63, 3.8) is 0 Å². The number of hydrogen-bond acceptors (Lipinski definition) is 13. The first-order chi connectivity index (χ1) is 36.7. The zero-order valence-corrected chi connectivity index (χ0v) is 45.5. The third kappa shape index (κ3) is 12.8. The van der Waals surface area contributed by atoms with Crippen LogP contribution in [0.15, 0.2) is 107 Å². The lowest BCUT2D eigenvalue weighted by Gasteiger charge is -2.36. The quantitative estimate of drug-likeness (QED) is 0.0924. The molecule has 0 spiro atoms. The zero-order valence-electron chi connectivity index (χ0n) is 42.4. The van der Waals surface area contributed by atoms with Crippen molar-refractivity contribution >= 4 is 73.6 Å². The van der Waals surface area contributed by atoms with Gasteiger partial charge in [0.1, 0.15) is 36.6 Å². The second-order valence-electron chi connectivity index (χ2n) is 20.0. The van der Waals surface area contributed by atoms with E-state index in [9.17, 15) is 29.5 Å². The molecule has 17 nitrogen and oxygen atoms in total. The Bertz CT molecular complexity index is 3370. The number of nitriles is 1. The van der Waals surface area contributed by atoms with Gasteiger partial charge in [0.15, 0.2) is 26.9 Å². The summed E-state index contributed by atoms with van der Waals surface area (Å²) < 4.78 is 55.2. The van der Waals surface area contributed by atoms with E-state index in [0.717, 1.165) is 37.9 Å². The minimum Gasteiger partial charge on any atom is -0.489 e. The molecule has 2 unspecified atom stereocenters. The Morgan fingerprint density at radius 1 is 0.883 bits per heavy atom. The number of carbonyl (C=O) groups is 4. The van der Waals surface area contributed by atoms with Crippen molar-refractivity contribution < 1.29 is 51.6 Å². The van der Waals surface area contributed by atoms with Crippen molar-refractivity contribution in [1.29, 1.82) is 5.26 Å². The highest BCUT2D eigenvalue weighted by Gasteiger charge is 2.43. The Hall–Kier alpha value is -7.21. The molecule has 0 radical (unpaired) electrons. The first-order valence-electron chi connectivity index (χ1n) is 24.7. The highest BCUT2D eigenvalue weighted by molar-refractivity contribution is 7.91. The Kier molecular flexibility index (Phi) is 16.1. The Labute approximate surface area is 459 Å². The maximum atomic E-state index is 15.1. The second kappa shape index (κ2) is 22.8. The van der Waals surface area contributed by atoms with E-state index in [1.807, 2.05) is 54.6 Å². The third-order valence-electron chi connectivity index (χ3n) is 13.4. The van der Waals surface area contributed by atoms with Crippen molar-refractivity contribution in [1.82, 2.24) is 19.5 Å². The molecule has 4 heterocycles. The molecule has 1 saturated heterocycles. The Morgan fingerprint density at radius 3 is 2.19 bits per heavy atom. The van der Waals surface area contributed by atoms with Crippen molar-refractivity contribution in [2.24, 2.45) is 5.92 Å². The van der Waals surface area contributed by atoms with Crippen LogP contribution in [0.2, 0.25) is 10.0 Å². The topological polar surface area (TPSA) is 227 Å². The fraction of sp³-hybridized carbons (Fsp3) is 0.321. The largest absolute Gasteiger partial charge is 0.489 e. The predicted molar refractivity (Wildman–Crippen MR) is 289 cm³/mol. The molecule has 3 atom stereocenters. The second-order valence-corrected chi connectivity index (χ2v) is 23.9. The summed E-state index contributed by atoms with van der Waals surface area (Å²) in [6.07, 6.45) is -0.563. The monoisotopic (exact) mass is 1120 g/mol. The smallest absolute Gasteiger partial charge is 0.410 e. The van der Waals surface area contributed by atoms with E-state index in [-0.39, 0.29) is 53.5 Å². The maximum absolute atomic E-state index is 15.1. The van der Waals surface area contributed by atoms with Gasteiger partial charge in [0.05, 0.1) is 27.4 Å². The average Bonchev–Trinajstić information content (AvgIpc) is 3.83. The number of aryl methyl sites for hydroxylation is 1. The van der Waals surface area contributed by atoms with Gasteiger partial charge in [-0.1, -0.05) is 89.1 Å². The van der Waals surface area contributed by atoms with Crippen molar-refractivity contribution in [2.45, 2.75) is 94.5 Å². The number of halogens is 2. The molecule has 3 N–H and O–H groups in total. The number of aromatic nitrogens is 1. The van der Waals surface area contributed by atoms with E-state index in [1.54, 1.807) is 74.2 Å². The Morgan fingerprint density at radius 2 is 1.55 bits per heavy atom. The summed E-state index contributed by atoms with van der Waals surface area (Å²) in [4.78, 5) is 59.7. The molecular weight excluding hydrogens is 1070 g/mol. The highest BCUT2D eigenvalue weighted by Crippen LogP contribution is 2.43. The molecule has 5 aromatic carbocycles. The summed E-state index contributed by atoms with van der Waals surface area (Å²) in [6, 6.07) is 29.4. The van der Waals surface area contributed by atoms with E-state index < -0.39 is 57.7 Å². The molecule has 3 aliphatic rings. The molecule has 400 valence electrons. The fourth-order valence-corrected chi connectivity index (χ4v) is 12.7. The van der Waals surface area contributed by atoms with Gasteiger partial charge in [0, 0.05) is 32.0 Å². The number of aliphatic carboxylic acids is 1. The van der Waals surface area contributed by atoms with Crippen LogP contribution in [0.4, 0.5) is 9.93 Å². The fourth-order valence-electron chi connectivity index (χ4n) is 9.26. The molecule has 21 heteroatoms. The van der Waals surface area contributed by atoms with E-state index in [4.69, 9.17) is 42.1 Å². The first kappa shape index (κ1) is 54.6. The number of carboxylic acid groups (broad SMARTS) is 1. The predicted octanol–water partition coefficient (Wildman–Crippen LogP) is 9.90. The van der Waals surface area contributed by atoms with Gasteiger partial charge < -0.3 is 39.6 Å². The van der Waals surface area contributed by atoms with Crippen LogP contribution >= 0.6 is 34.5 Å². The molecule has 3 aliphatic heterocycles. The van der Waals surface area contributed by atoms with Crippen LogP contribution in [0, 0.1) is 24.2 Å². The lowest BCUT2D eigenvalue weighted by molar-refractivity contribution is -0.142. The molecule has 1 aromatic heterocycles. The summed E-state index contributed by atoms with van der Waals surface area (Å²) in [6.45, 7) is 7.52. The Balaban J connectivity index is 0.942. The molecule has 0 saturated carbocycles. The van der Waals surface area contributed by atoms with Crippen LogP contribution < -0.4 is 24.8 Å². The van der Waals surface area contributed by atoms with Gasteiger partial charge in [-0.3, -0.25) is 9.59 Å². The molecular formula is C56H54Cl2N6O11S2. The van der Waals surface area contributed by atoms with Crippen LogP contribution in [0.25, 0.3) is 11.1 Å². The molecule has 0 bridgehead atoms. The minimum atomic E-state index is -4.60. The standard InChI is InChI=1S/C56H54Cl2N6O11S2/c1-32-53(76-54(60-32)62-50(65)39-19-21-63(22-20-39)55(69)75-56(2,3)4)77(70,71)64-29-41-27-48-47(73-31-49(74-48)38-14-16-42(17-15-38)72-30-35-9-18-43(57)44(58)23-35)26-40(41)25-46(64)51(66)61-45(52(67)68)24-33-5-10-36(11-6-33)37-12-7-34(28-59)8-13-37/h5-18,23,26-27,39,45-46,49H,19-22,24-25,29-31H2,1-4H3,(H,61,66)(H,67,68)(H,60,62,65)/t45-,46?,49?/m0/s1. The lowest BCUT2D eigenvalue weighted by atomic mass is 9.94. The van der Waals surface area contributed by atoms with E-state index in [1.165, 1.54) is 6.92 Å².